The molecule has 0 radical (unpaired) electrons. The molecular formula is C7H7NO2. The Kier molecular flexibility index (Phi) is 1.03. The Morgan fingerprint density at radius 2 is 2.50 bits per heavy atom. The number of hydrogen-bond acceptors (Lipinski definition) is 3. The van der Waals surface area contributed by atoms with Gasteiger partial charge in [0.1, 0.15) is 12.8 Å². The highest BCUT2D eigenvalue weighted by molar-refractivity contribution is 5.65. The van der Waals surface area contributed by atoms with Crippen LogP contribution in [0.5, 0.6) is 5.75 Å². The molecule has 0 bridgehead atoms. The molecule has 0 unspecified atom stereocenters. The Morgan fingerprint density at radius 3 is 3.30 bits per heavy atom. The smallest absolute Gasteiger partial charge is 0.204 e. The summed E-state index contributed by atoms with van der Waals surface area (Å²) in [6.07, 6.45) is 3.55. The number of ether oxygens (including phenoxy) is 1. The van der Waals surface area contributed by atoms with Gasteiger partial charge in [-0.3, -0.25) is 0 Å². The molecule has 0 amide bonds. The highest BCUT2D eigenvalue weighted by atomic mass is 16.5. The fourth-order valence-corrected chi connectivity index (χ4v) is 0.949. The van der Waals surface area contributed by atoms with Crippen LogP contribution in [0, 0.1) is 0 Å². The monoisotopic (exact) mass is 137 g/mol. The normalized spacial score (nSPS) is 15.5. The highest BCUT2D eigenvalue weighted by Crippen LogP contribution is 2.28. The molecule has 2 rings (SSSR count). The molecule has 0 aliphatic carbocycles. The van der Waals surface area contributed by atoms with Crippen LogP contribution in [0.2, 0.25) is 0 Å². The Bertz CT molecular complexity index is 275. The summed E-state index contributed by atoms with van der Waals surface area (Å²) in [5.41, 5.74) is 1.10. The number of allylic oxidation sites excluding steroid dienone is 1. The number of fused-ring (bicyclic) bond motifs is 1. The van der Waals surface area contributed by atoms with E-state index < -0.39 is 0 Å². The summed E-state index contributed by atoms with van der Waals surface area (Å²) in [5.74, 6) is 1.51. The Labute approximate surface area is 58.3 Å². The molecule has 0 saturated heterocycles. The first-order valence-electron chi connectivity index (χ1n) is 3.12. The van der Waals surface area contributed by atoms with Crippen molar-refractivity contribution in [2.75, 3.05) is 6.61 Å². The van der Waals surface area contributed by atoms with E-state index in [1.807, 2.05) is 13.0 Å². The number of hydrogen-bond donors (Lipinski definition) is 0. The molecule has 0 saturated carbocycles. The van der Waals surface area contributed by atoms with Crippen molar-refractivity contribution in [3.63, 3.8) is 0 Å². The topological polar surface area (TPSA) is 35.3 Å². The van der Waals surface area contributed by atoms with Gasteiger partial charge in [0.05, 0.1) is 0 Å². The number of nitrogens with zero attached hydrogens (tertiary/aromatic N) is 1. The van der Waals surface area contributed by atoms with Crippen LogP contribution in [0.25, 0.3) is 5.57 Å². The zero-order chi connectivity index (χ0) is 6.97. The van der Waals surface area contributed by atoms with Gasteiger partial charge in [0.25, 0.3) is 0 Å². The van der Waals surface area contributed by atoms with Gasteiger partial charge >= 0.3 is 0 Å². The van der Waals surface area contributed by atoms with Crippen molar-refractivity contribution < 1.29 is 9.26 Å². The summed E-state index contributed by atoms with van der Waals surface area (Å²) < 4.78 is 10.1. The summed E-state index contributed by atoms with van der Waals surface area (Å²) in [6, 6.07) is 0. The van der Waals surface area contributed by atoms with Crippen molar-refractivity contribution >= 4 is 5.57 Å². The standard InChI is InChI=1S/C7H7NO2/c1-5-2-3-9-6-4-8-10-7(5)6/h2,4H,3H2,1H3. The molecule has 1 aliphatic rings. The van der Waals surface area contributed by atoms with Gasteiger partial charge in [-0.05, 0) is 18.6 Å². The second-order valence-corrected chi connectivity index (χ2v) is 2.22. The van der Waals surface area contributed by atoms with E-state index >= 15 is 0 Å². The number of rotatable bonds is 0. The predicted molar refractivity (Wildman–Crippen MR) is 35.6 cm³/mol. The molecule has 0 N–H and O–H groups in total. The van der Waals surface area contributed by atoms with Gasteiger partial charge in [-0.25, -0.2) is 0 Å². The molecule has 3 nitrogen and oxygen atoms in total. The maximum absolute atomic E-state index is 5.20. The summed E-state index contributed by atoms with van der Waals surface area (Å²) in [4.78, 5) is 0. The maximum Gasteiger partial charge on any atom is 0.204 e. The van der Waals surface area contributed by atoms with Gasteiger partial charge in [-0.2, -0.15) is 0 Å². The van der Waals surface area contributed by atoms with E-state index in [0.717, 1.165) is 17.1 Å². The molecule has 3 heteroatoms. The molecule has 52 valence electrons. The lowest BCUT2D eigenvalue weighted by Crippen LogP contribution is -2.00. The molecular weight excluding hydrogens is 130 g/mol. The first kappa shape index (κ1) is 5.53. The summed E-state index contributed by atoms with van der Waals surface area (Å²) in [7, 11) is 0. The van der Waals surface area contributed by atoms with E-state index in [4.69, 9.17) is 9.26 Å². The minimum Gasteiger partial charge on any atom is -0.484 e. The Balaban J connectivity index is 2.55. The lowest BCUT2D eigenvalue weighted by Gasteiger charge is -2.07. The van der Waals surface area contributed by atoms with Gasteiger partial charge < -0.3 is 9.26 Å². The minimum atomic E-state index is 0.625. The van der Waals surface area contributed by atoms with Crippen molar-refractivity contribution in [1.29, 1.82) is 0 Å². The van der Waals surface area contributed by atoms with Crippen LogP contribution in [-0.2, 0) is 0 Å². The first-order chi connectivity index (χ1) is 4.88. The Hall–Kier alpha value is -1.25. The maximum atomic E-state index is 5.20. The zero-order valence-electron chi connectivity index (χ0n) is 5.63. The van der Waals surface area contributed by atoms with Gasteiger partial charge in [-0.15, -0.1) is 0 Å². The molecule has 1 aromatic heterocycles. The highest BCUT2D eigenvalue weighted by Gasteiger charge is 2.14. The second-order valence-electron chi connectivity index (χ2n) is 2.22. The molecule has 2 heterocycles. The third-order valence-corrected chi connectivity index (χ3v) is 1.52. The van der Waals surface area contributed by atoms with Crippen molar-refractivity contribution in [2.24, 2.45) is 0 Å². The van der Waals surface area contributed by atoms with Crippen LogP contribution in [0.15, 0.2) is 16.8 Å². The van der Waals surface area contributed by atoms with Crippen LogP contribution in [-0.4, -0.2) is 11.8 Å². The summed E-state index contributed by atoms with van der Waals surface area (Å²) >= 11 is 0. The van der Waals surface area contributed by atoms with Crippen molar-refractivity contribution in [3.05, 3.63) is 18.0 Å². The molecule has 10 heavy (non-hydrogen) atoms. The Morgan fingerprint density at radius 1 is 1.60 bits per heavy atom. The quantitative estimate of drug-likeness (QED) is 0.543. The van der Waals surface area contributed by atoms with E-state index in [1.54, 1.807) is 6.20 Å². The summed E-state index contributed by atoms with van der Waals surface area (Å²) in [6.45, 7) is 2.60. The van der Waals surface area contributed by atoms with E-state index in [1.165, 1.54) is 0 Å². The van der Waals surface area contributed by atoms with E-state index in [2.05, 4.69) is 5.16 Å². The molecule has 0 aromatic carbocycles. The third-order valence-electron chi connectivity index (χ3n) is 1.52. The van der Waals surface area contributed by atoms with Crippen LogP contribution in [0.3, 0.4) is 0 Å². The SMILES string of the molecule is CC1=CCOc2cnoc21. The van der Waals surface area contributed by atoms with E-state index in [-0.39, 0.29) is 0 Å². The fourth-order valence-electron chi connectivity index (χ4n) is 0.949. The van der Waals surface area contributed by atoms with Gasteiger partial charge in [-0.1, -0.05) is 5.16 Å². The predicted octanol–water partition coefficient (Wildman–Crippen LogP) is 1.47. The van der Waals surface area contributed by atoms with Crippen LogP contribution >= 0.6 is 0 Å². The lowest BCUT2D eigenvalue weighted by molar-refractivity contribution is 0.340. The van der Waals surface area contributed by atoms with E-state index in [9.17, 15) is 0 Å². The minimum absolute atomic E-state index is 0.625. The van der Waals surface area contributed by atoms with Crippen LogP contribution in [0.1, 0.15) is 12.7 Å². The lowest BCUT2D eigenvalue weighted by atomic mass is 10.2. The van der Waals surface area contributed by atoms with Gasteiger partial charge in [0.15, 0.2) is 5.75 Å². The second kappa shape index (κ2) is 1.87. The summed E-state index contributed by atoms with van der Waals surface area (Å²) in [5, 5.41) is 3.61. The van der Waals surface area contributed by atoms with Crippen LogP contribution in [0.4, 0.5) is 0 Å². The fraction of sp³-hybridized carbons (Fsp3) is 0.286. The van der Waals surface area contributed by atoms with Gasteiger partial charge in [0, 0.05) is 0 Å². The van der Waals surface area contributed by atoms with Crippen LogP contribution < -0.4 is 4.74 Å². The molecule has 0 atom stereocenters. The van der Waals surface area contributed by atoms with Crippen molar-refractivity contribution in [3.8, 4) is 5.75 Å². The van der Waals surface area contributed by atoms with Gasteiger partial charge in [0.2, 0.25) is 5.76 Å². The van der Waals surface area contributed by atoms with Crippen molar-refractivity contribution in [1.82, 2.24) is 5.16 Å². The number of aromatic nitrogens is 1. The average molecular weight is 137 g/mol. The van der Waals surface area contributed by atoms with Crippen molar-refractivity contribution in [2.45, 2.75) is 6.92 Å². The molecule has 0 fully saturated rings. The zero-order valence-corrected chi connectivity index (χ0v) is 5.63. The largest absolute Gasteiger partial charge is 0.484 e. The van der Waals surface area contributed by atoms with E-state index in [0.29, 0.717) is 6.61 Å². The molecule has 0 spiro atoms. The first-order valence-corrected chi connectivity index (χ1v) is 3.12. The molecule has 1 aromatic rings. The third kappa shape index (κ3) is 0.635. The average Bonchev–Trinajstić information content (AvgIpc) is 2.36. The molecule has 1 aliphatic heterocycles.